The molecule has 0 aromatic heterocycles. The summed E-state index contributed by atoms with van der Waals surface area (Å²) in [6.45, 7) is 6.43. The Kier molecular flexibility index (Phi) is 7.04. The zero-order valence-electron chi connectivity index (χ0n) is 13.2. The maximum atomic E-state index is 6.10. The predicted octanol–water partition coefficient (Wildman–Crippen LogP) is 5.97. The van der Waals surface area contributed by atoms with E-state index < -0.39 is 0 Å². The number of hydrogen-bond donors (Lipinski definition) is 1. The molecule has 0 heterocycles. The lowest BCUT2D eigenvalue weighted by atomic mass is 10.1. The molecule has 2 nitrogen and oxygen atoms in total. The van der Waals surface area contributed by atoms with Gasteiger partial charge in [-0.25, -0.2) is 0 Å². The molecule has 0 amide bonds. The van der Waals surface area contributed by atoms with E-state index in [4.69, 9.17) is 39.5 Å². The van der Waals surface area contributed by atoms with Gasteiger partial charge in [0.2, 0.25) is 0 Å². The van der Waals surface area contributed by atoms with E-state index in [0.29, 0.717) is 27.6 Å². The molecular formula is C18H20Cl3NO. The molecule has 2 rings (SSSR count). The number of nitrogens with one attached hydrogen (secondary N) is 1. The van der Waals surface area contributed by atoms with Crippen LogP contribution in [0.2, 0.25) is 15.1 Å². The Hall–Kier alpha value is -0.930. The SMILES string of the molecule is CC(C)CNCc1cc(Cl)ccc1OCc1ccc(Cl)c(Cl)c1. The number of hydrogen-bond acceptors (Lipinski definition) is 2. The van der Waals surface area contributed by atoms with Crippen molar-refractivity contribution in [1.82, 2.24) is 5.32 Å². The maximum absolute atomic E-state index is 6.10. The van der Waals surface area contributed by atoms with E-state index in [2.05, 4.69) is 19.2 Å². The van der Waals surface area contributed by atoms with E-state index in [-0.39, 0.29) is 0 Å². The van der Waals surface area contributed by atoms with Crippen molar-refractivity contribution in [2.24, 2.45) is 5.92 Å². The molecule has 0 aliphatic carbocycles. The lowest BCUT2D eigenvalue weighted by Crippen LogP contribution is -2.19. The van der Waals surface area contributed by atoms with Gasteiger partial charge in [0.1, 0.15) is 12.4 Å². The molecule has 2 aromatic rings. The van der Waals surface area contributed by atoms with Gasteiger partial charge in [-0.15, -0.1) is 0 Å². The summed E-state index contributed by atoms with van der Waals surface area (Å²) in [6, 6.07) is 11.1. The molecule has 0 fully saturated rings. The molecule has 23 heavy (non-hydrogen) atoms. The highest BCUT2D eigenvalue weighted by Crippen LogP contribution is 2.26. The van der Waals surface area contributed by atoms with Crippen LogP contribution >= 0.6 is 34.8 Å². The van der Waals surface area contributed by atoms with Gasteiger partial charge in [0.15, 0.2) is 0 Å². The Morgan fingerprint density at radius 1 is 1.00 bits per heavy atom. The zero-order valence-corrected chi connectivity index (χ0v) is 15.5. The van der Waals surface area contributed by atoms with Crippen LogP contribution in [0.3, 0.4) is 0 Å². The Morgan fingerprint density at radius 2 is 1.78 bits per heavy atom. The minimum absolute atomic E-state index is 0.426. The first-order chi connectivity index (χ1) is 11.0. The van der Waals surface area contributed by atoms with Gasteiger partial charge < -0.3 is 10.1 Å². The summed E-state index contributed by atoms with van der Waals surface area (Å²) in [7, 11) is 0. The van der Waals surface area contributed by atoms with Gasteiger partial charge in [0, 0.05) is 17.1 Å². The van der Waals surface area contributed by atoms with Gasteiger partial charge in [-0.1, -0.05) is 54.7 Å². The molecule has 0 spiro atoms. The fraction of sp³-hybridized carbons (Fsp3) is 0.333. The van der Waals surface area contributed by atoms with E-state index in [1.165, 1.54) is 0 Å². The quantitative estimate of drug-likeness (QED) is 0.646. The molecule has 1 N–H and O–H groups in total. The largest absolute Gasteiger partial charge is 0.489 e. The number of benzene rings is 2. The third-order valence-electron chi connectivity index (χ3n) is 3.27. The van der Waals surface area contributed by atoms with Crippen molar-refractivity contribution >= 4 is 34.8 Å². The third-order valence-corrected chi connectivity index (χ3v) is 4.24. The third kappa shape index (κ3) is 5.89. The summed E-state index contributed by atoms with van der Waals surface area (Å²) >= 11 is 18.1. The van der Waals surface area contributed by atoms with Gasteiger partial charge in [-0.2, -0.15) is 0 Å². The van der Waals surface area contributed by atoms with Crippen LogP contribution in [0.4, 0.5) is 0 Å². The lowest BCUT2D eigenvalue weighted by molar-refractivity contribution is 0.302. The topological polar surface area (TPSA) is 21.3 Å². The summed E-state index contributed by atoms with van der Waals surface area (Å²) in [5.41, 5.74) is 2.01. The molecule has 0 radical (unpaired) electrons. The molecule has 124 valence electrons. The molecule has 5 heteroatoms. The van der Waals surface area contributed by atoms with Crippen LogP contribution < -0.4 is 10.1 Å². The minimum atomic E-state index is 0.426. The van der Waals surface area contributed by atoms with Crippen molar-refractivity contribution in [3.05, 3.63) is 62.6 Å². The molecular weight excluding hydrogens is 353 g/mol. The van der Waals surface area contributed by atoms with Gasteiger partial charge in [-0.3, -0.25) is 0 Å². The normalized spacial score (nSPS) is 11.0. The summed E-state index contributed by atoms with van der Waals surface area (Å²) < 4.78 is 5.93. The summed E-state index contributed by atoms with van der Waals surface area (Å²) in [5.74, 6) is 1.41. The zero-order chi connectivity index (χ0) is 16.8. The molecule has 0 bridgehead atoms. The van der Waals surface area contributed by atoms with Crippen molar-refractivity contribution < 1.29 is 4.74 Å². The Labute approximate surface area is 152 Å². The number of rotatable bonds is 7. The molecule has 0 unspecified atom stereocenters. The predicted molar refractivity (Wildman–Crippen MR) is 98.8 cm³/mol. The van der Waals surface area contributed by atoms with E-state index in [1.807, 2.05) is 30.3 Å². The fourth-order valence-electron chi connectivity index (χ4n) is 2.11. The number of halogens is 3. The Balaban J connectivity index is 2.04. The van der Waals surface area contributed by atoms with Crippen LogP contribution in [0.15, 0.2) is 36.4 Å². The second kappa shape index (κ2) is 8.79. The standard InChI is InChI=1S/C18H20Cl3NO/c1-12(2)9-22-10-14-8-15(19)4-6-18(14)23-11-13-3-5-16(20)17(21)7-13/h3-8,12,22H,9-11H2,1-2H3. The van der Waals surface area contributed by atoms with Crippen LogP contribution in [-0.2, 0) is 13.2 Å². The van der Waals surface area contributed by atoms with Crippen molar-refractivity contribution in [2.45, 2.75) is 27.0 Å². The van der Waals surface area contributed by atoms with Crippen LogP contribution in [0.1, 0.15) is 25.0 Å². The molecule has 0 saturated carbocycles. The molecule has 0 saturated heterocycles. The second-order valence-electron chi connectivity index (χ2n) is 5.81. The first kappa shape index (κ1) is 18.4. The van der Waals surface area contributed by atoms with Crippen LogP contribution in [0, 0.1) is 5.92 Å². The Morgan fingerprint density at radius 3 is 2.48 bits per heavy atom. The monoisotopic (exact) mass is 371 g/mol. The van der Waals surface area contributed by atoms with Crippen molar-refractivity contribution in [1.29, 1.82) is 0 Å². The maximum Gasteiger partial charge on any atom is 0.124 e. The summed E-state index contributed by atoms with van der Waals surface area (Å²) in [6.07, 6.45) is 0. The van der Waals surface area contributed by atoms with Gasteiger partial charge in [-0.05, 0) is 48.4 Å². The van der Waals surface area contributed by atoms with Gasteiger partial charge in [0.25, 0.3) is 0 Å². The summed E-state index contributed by atoms with van der Waals surface area (Å²) in [4.78, 5) is 0. The van der Waals surface area contributed by atoms with Crippen LogP contribution in [0.25, 0.3) is 0 Å². The van der Waals surface area contributed by atoms with Gasteiger partial charge in [0.05, 0.1) is 10.0 Å². The molecule has 0 atom stereocenters. The number of ether oxygens (including phenoxy) is 1. The van der Waals surface area contributed by atoms with Crippen LogP contribution in [0.5, 0.6) is 5.75 Å². The minimum Gasteiger partial charge on any atom is -0.489 e. The average molecular weight is 373 g/mol. The highest BCUT2D eigenvalue weighted by atomic mass is 35.5. The smallest absolute Gasteiger partial charge is 0.124 e. The highest BCUT2D eigenvalue weighted by Gasteiger charge is 2.07. The Bertz CT molecular complexity index is 659. The fourth-order valence-corrected chi connectivity index (χ4v) is 2.63. The summed E-state index contributed by atoms with van der Waals surface area (Å²) in [5, 5.41) is 5.18. The van der Waals surface area contributed by atoms with Crippen LogP contribution in [-0.4, -0.2) is 6.54 Å². The average Bonchev–Trinajstić information content (AvgIpc) is 2.49. The molecule has 2 aromatic carbocycles. The lowest BCUT2D eigenvalue weighted by Gasteiger charge is -2.14. The van der Waals surface area contributed by atoms with Crippen molar-refractivity contribution in [3.63, 3.8) is 0 Å². The van der Waals surface area contributed by atoms with E-state index in [1.54, 1.807) is 6.07 Å². The van der Waals surface area contributed by atoms with Crippen molar-refractivity contribution in [3.8, 4) is 5.75 Å². The van der Waals surface area contributed by atoms with E-state index in [9.17, 15) is 0 Å². The molecule has 0 aliphatic heterocycles. The highest BCUT2D eigenvalue weighted by molar-refractivity contribution is 6.42. The van der Waals surface area contributed by atoms with Crippen molar-refractivity contribution in [2.75, 3.05) is 6.54 Å². The van der Waals surface area contributed by atoms with E-state index >= 15 is 0 Å². The van der Waals surface area contributed by atoms with Gasteiger partial charge >= 0.3 is 0 Å². The second-order valence-corrected chi connectivity index (χ2v) is 7.06. The van der Waals surface area contributed by atoms with E-state index in [0.717, 1.165) is 30.0 Å². The molecule has 0 aliphatic rings. The first-order valence-electron chi connectivity index (χ1n) is 7.51. The first-order valence-corrected chi connectivity index (χ1v) is 8.65.